The van der Waals surface area contributed by atoms with Crippen molar-refractivity contribution in [2.75, 3.05) is 6.61 Å². The second-order valence-electron chi connectivity index (χ2n) is 2.55. The predicted octanol–water partition coefficient (Wildman–Crippen LogP) is 1.70. The van der Waals surface area contributed by atoms with Crippen molar-refractivity contribution in [1.29, 1.82) is 0 Å². The fourth-order valence-corrected chi connectivity index (χ4v) is 0.906. The predicted molar refractivity (Wildman–Crippen MR) is 38.8 cm³/mol. The topological polar surface area (TPSA) is 35.2 Å². The number of rotatable bonds is 5. The van der Waals surface area contributed by atoms with Crippen molar-refractivity contribution in [2.24, 2.45) is 11.8 Å². The maximum absolute atomic E-state index is 4.87. The van der Waals surface area contributed by atoms with E-state index >= 15 is 0 Å². The van der Waals surface area contributed by atoms with Gasteiger partial charge in [-0.15, -0.1) is 0 Å². The SMILES string of the molecule is CCCC(C)CCON. The van der Waals surface area contributed by atoms with Gasteiger partial charge in [0.25, 0.3) is 0 Å². The molecule has 1 unspecified atom stereocenters. The van der Waals surface area contributed by atoms with Crippen LogP contribution in [-0.2, 0) is 4.84 Å². The Morgan fingerprint density at radius 1 is 1.44 bits per heavy atom. The van der Waals surface area contributed by atoms with Gasteiger partial charge in [-0.1, -0.05) is 26.7 Å². The molecule has 0 bridgehead atoms. The normalized spacial score (nSPS) is 13.7. The summed E-state index contributed by atoms with van der Waals surface area (Å²) in [5.41, 5.74) is 0. The van der Waals surface area contributed by atoms with Gasteiger partial charge >= 0.3 is 0 Å². The third-order valence-electron chi connectivity index (χ3n) is 1.51. The van der Waals surface area contributed by atoms with E-state index in [-0.39, 0.29) is 0 Å². The van der Waals surface area contributed by atoms with E-state index in [2.05, 4.69) is 18.7 Å². The summed E-state index contributed by atoms with van der Waals surface area (Å²) in [5, 5.41) is 0. The minimum Gasteiger partial charge on any atom is -0.305 e. The third kappa shape index (κ3) is 5.80. The number of hydrogen-bond donors (Lipinski definition) is 1. The van der Waals surface area contributed by atoms with Gasteiger partial charge in [0.1, 0.15) is 0 Å². The number of nitrogens with two attached hydrogens (primary N) is 1. The molecular weight excluding hydrogens is 114 g/mol. The molecule has 0 heterocycles. The molecule has 0 aromatic carbocycles. The molecule has 2 N–H and O–H groups in total. The molecule has 0 aliphatic carbocycles. The third-order valence-corrected chi connectivity index (χ3v) is 1.51. The summed E-state index contributed by atoms with van der Waals surface area (Å²) in [5.74, 6) is 5.64. The van der Waals surface area contributed by atoms with Gasteiger partial charge in [-0.25, -0.2) is 5.90 Å². The van der Waals surface area contributed by atoms with Crippen LogP contribution in [0.4, 0.5) is 0 Å². The van der Waals surface area contributed by atoms with Crippen LogP contribution in [-0.4, -0.2) is 6.61 Å². The molecule has 0 spiro atoms. The van der Waals surface area contributed by atoms with Crippen molar-refractivity contribution in [3.63, 3.8) is 0 Å². The van der Waals surface area contributed by atoms with E-state index in [4.69, 9.17) is 5.90 Å². The van der Waals surface area contributed by atoms with Crippen LogP contribution in [0, 0.1) is 5.92 Å². The first-order chi connectivity index (χ1) is 4.31. The van der Waals surface area contributed by atoms with Crippen molar-refractivity contribution in [3.05, 3.63) is 0 Å². The lowest BCUT2D eigenvalue weighted by molar-refractivity contribution is 0.123. The lowest BCUT2D eigenvalue weighted by Crippen LogP contribution is -2.05. The molecule has 0 aromatic heterocycles. The summed E-state index contributed by atoms with van der Waals surface area (Å²) in [7, 11) is 0. The molecule has 0 saturated heterocycles. The molecule has 9 heavy (non-hydrogen) atoms. The van der Waals surface area contributed by atoms with Gasteiger partial charge in [0.05, 0.1) is 6.61 Å². The first-order valence-corrected chi connectivity index (χ1v) is 3.63. The minimum absolute atomic E-state index is 0.696. The Balaban J connectivity index is 2.95. The molecule has 56 valence electrons. The van der Waals surface area contributed by atoms with Gasteiger partial charge in [-0.3, -0.25) is 0 Å². The minimum atomic E-state index is 0.696. The van der Waals surface area contributed by atoms with Gasteiger partial charge in [0.2, 0.25) is 0 Å². The van der Waals surface area contributed by atoms with Crippen LogP contribution in [0.3, 0.4) is 0 Å². The lowest BCUT2D eigenvalue weighted by Gasteiger charge is -2.06. The molecule has 0 aromatic rings. The van der Waals surface area contributed by atoms with Crippen LogP contribution >= 0.6 is 0 Å². The van der Waals surface area contributed by atoms with Crippen LogP contribution in [0.15, 0.2) is 0 Å². The van der Waals surface area contributed by atoms with E-state index in [0.717, 1.165) is 12.3 Å². The van der Waals surface area contributed by atoms with Crippen molar-refractivity contribution in [3.8, 4) is 0 Å². The lowest BCUT2D eigenvalue weighted by atomic mass is 10.0. The van der Waals surface area contributed by atoms with E-state index in [1.807, 2.05) is 0 Å². The van der Waals surface area contributed by atoms with Gasteiger partial charge in [0.15, 0.2) is 0 Å². The molecule has 0 saturated carbocycles. The zero-order valence-electron chi connectivity index (χ0n) is 6.39. The van der Waals surface area contributed by atoms with Crippen LogP contribution in [0.5, 0.6) is 0 Å². The molecule has 0 aliphatic rings. The van der Waals surface area contributed by atoms with Gasteiger partial charge in [0, 0.05) is 0 Å². The Morgan fingerprint density at radius 3 is 2.56 bits per heavy atom. The largest absolute Gasteiger partial charge is 0.305 e. The molecule has 0 radical (unpaired) electrons. The first-order valence-electron chi connectivity index (χ1n) is 3.63. The average Bonchev–Trinajstić information content (AvgIpc) is 1.85. The maximum Gasteiger partial charge on any atom is 0.0681 e. The standard InChI is InChI=1S/C7H17NO/c1-3-4-7(2)5-6-9-8/h7H,3-6,8H2,1-2H3. The van der Waals surface area contributed by atoms with Gasteiger partial charge < -0.3 is 4.84 Å². The summed E-state index contributed by atoms with van der Waals surface area (Å²) in [6, 6.07) is 0. The Kier molecular flexibility index (Phi) is 5.99. The smallest absolute Gasteiger partial charge is 0.0681 e. The summed E-state index contributed by atoms with van der Waals surface area (Å²) < 4.78 is 0. The summed E-state index contributed by atoms with van der Waals surface area (Å²) in [4.78, 5) is 4.46. The highest BCUT2D eigenvalue weighted by atomic mass is 16.6. The molecule has 0 aliphatic heterocycles. The molecule has 2 heteroatoms. The highest BCUT2D eigenvalue weighted by Gasteiger charge is 1.98. The van der Waals surface area contributed by atoms with E-state index in [0.29, 0.717) is 6.61 Å². The van der Waals surface area contributed by atoms with Gasteiger partial charge in [-0.2, -0.15) is 0 Å². The van der Waals surface area contributed by atoms with Crippen molar-refractivity contribution in [1.82, 2.24) is 0 Å². The highest BCUT2D eigenvalue weighted by Crippen LogP contribution is 2.08. The second kappa shape index (κ2) is 6.05. The van der Waals surface area contributed by atoms with Crippen LogP contribution in [0.2, 0.25) is 0 Å². The average molecular weight is 131 g/mol. The van der Waals surface area contributed by atoms with Crippen molar-refractivity contribution < 1.29 is 4.84 Å². The summed E-state index contributed by atoms with van der Waals surface area (Å²) in [6.07, 6.45) is 3.62. The summed E-state index contributed by atoms with van der Waals surface area (Å²) in [6.45, 7) is 5.11. The van der Waals surface area contributed by atoms with E-state index in [9.17, 15) is 0 Å². The molecule has 0 fully saturated rings. The van der Waals surface area contributed by atoms with Crippen molar-refractivity contribution in [2.45, 2.75) is 33.1 Å². The Hall–Kier alpha value is -0.0800. The zero-order chi connectivity index (χ0) is 7.11. The van der Waals surface area contributed by atoms with E-state index in [1.54, 1.807) is 0 Å². The first kappa shape index (κ1) is 8.92. The molecular formula is C7H17NO. The Bertz CT molecular complexity index is 56.9. The van der Waals surface area contributed by atoms with Crippen LogP contribution in [0.25, 0.3) is 0 Å². The summed E-state index contributed by atoms with van der Waals surface area (Å²) >= 11 is 0. The fourth-order valence-electron chi connectivity index (χ4n) is 0.906. The number of hydrogen-bond acceptors (Lipinski definition) is 2. The van der Waals surface area contributed by atoms with Crippen LogP contribution in [0.1, 0.15) is 33.1 Å². The fraction of sp³-hybridized carbons (Fsp3) is 1.00. The quantitative estimate of drug-likeness (QED) is 0.576. The Morgan fingerprint density at radius 2 is 2.11 bits per heavy atom. The van der Waals surface area contributed by atoms with Crippen molar-refractivity contribution >= 4 is 0 Å². The monoisotopic (exact) mass is 131 g/mol. The molecule has 0 rings (SSSR count). The van der Waals surface area contributed by atoms with Crippen LogP contribution < -0.4 is 5.90 Å². The van der Waals surface area contributed by atoms with E-state index in [1.165, 1.54) is 12.8 Å². The Labute approximate surface area is 57.3 Å². The molecule has 2 nitrogen and oxygen atoms in total. The molecule has 1 atom stereocenters. The maximum atomic E-state index is 4.87. The highest BCUT2D eigenvalue weighted by molar-refractivity contribution is 4.49. The zero-order valence-corrected chi connectivity index (χ0v) is 6.39. The van der Waals surface area contributed by atoms with Gasteiger partial charge in [-0.05, 0) is 12.3 Å². The molecule has 0 amide bonds. The van der Waals surface area contributed by atoms with E-state index < -0.39 is 0 Å². The second-order valence-corrected chi connectivity index (χ2v) is 2.55.